The number of carboxylic acid groups (broad SMARTS) is 1. The van der Waals surface area contributed by atoms with Crippen LogP contribution in [0.25, 0.3) is 0 Å². The molecule has 0 amide bonds. The van der Waals surface area contributed by atoms with Gasteiger partial charge in [0.15, 0.2) is 0 Å². The molecule has 0 aromatic heterocycles. The van der Waals surface area contributed by atoms with Crippen LogP contribution in [0, 0.1) is 0 Å². The molecular formula is C7H16NNaO4. The molecule has 0 saturated heterocycles. The average Bonchev–Trinajstić information content (AvgIpc) is 2.03. The topological polar surface area (TPSA) is 81.0 Å². The molecule has 0 aliphatic carbocycles. The number of aliphatic hydroxyl groups is 2. The molecule has 3 N–H and O–H groups in total. The maximum atomic E-state index is 10.5. The molecule has 1 atom stereocenters. The predicted octanol–water partition coefficient (Wildman–Crippen LogP) is -1.90. The van der Waals surface area contributed by atoms with E-state index in [-0.39, 0.29) is 55.9 Å². The standard InChI is InChI=1S/C7H15NO4.Na.H/c1-6(7(11)12)8(2-4-9)3-5-10;;/h6,9-10H,2-5H2,1H3,(H,11,12);;. The number of carbonyl (C=O) groups is 1. The van der Waals surface area contributed by atoms with Crippen molar-refractivity contribution in [1.82, 2.24) is 4.90 Å². The van der Waals surface area contributed by atoms with Crippen LogP contribution in [0.5, 0.6) is 0 Å². The number of rotatable bonds is 6. The van der Waals surface area contributed by atoms with E-state index in [0.29, 0.717) is 0 Å². The summed E-state index contributed by atoms with van der Waals surface area (Å²) in [4.78, 5) is 12.0. The van der Waals surface area contributed by atoms with E-state index in [0.717, 1.165) is 0 Å². The number of nitrogens with zero attached hydrogens (tertiary/aromatic N) is 1. The molecule has 6 heteroatoms. The van der Waals surface area contributed by atoms with Crippen LogP contribution in [0.2, 0.25) is 0 Å². The van der Waals surface area contributed by atoms with E-state index in [1.54, 1.807) is 0 Å². The first-order chi connectivity index (χ1) is 5.63. The second kappa shape index (κ2) is 8.93. The minimum absolute atomic E-state index is 0. The third-order valence-electron chi connectivity index (χ3n) is 1.68. The van der Waals surface area contributed by atoms with Crippen molar-refractivity contribution in [3.8, 4) is 0 Å². The van der Waals surface area contributed by atoms with E-state index in [9.17, 15) is 4.79 Å². The van der Waals surface area contributed by atoms with Crippen LogP contribution in [0.3, 0.4) is 0 Å². The fraction of sp³-hybridized carbons (Fsp3) is 0.857. The molecular weight excluding hydrogens is 185 g/mol. The fourth-order valence-electron chi connectivity index (χ4n) is 0.912. The number of hydrogen-bond acceptors (Lipinski definition) is 4. The molecule has 0 spiro atoms. The van der Waals surface area contributed by atoms with E-state index in [1.165, 1.54) is 11.8 Å². The Kier molecular flexibility index (Phi) is 10.9. The Balaban J connectivity index is 0. The molecule has 0 aliphatic heterocycles. The number of hydrogen-bond donors (Lipinski definition) is 3. The van der Waals surface area contributed by atoms with E-state index >= 15 is 0 Å². The summed E-state index contributed by atoms with van der Waals surface area (Å²) < 4.78 is 0. The van der Waals surface area contributed by atoms with Gasteiger partial charge in [0.1, 0.15) is 6.04 Å². The van der Waals surface area contributed by atoms with Gasteiger partial charge in [-0.2, -0.15) is 0 Å². The Morgan fingerprint density at radius 3 is 1.92 bits per heavy atom. The van der Waals surface area contributed by atoms with Gasteiger partial charge in [0.05, 0.1) is 13.2 Å². The third-order valence-corrected chi connectivity index (χ3v) is 1.68. The van der Waals surface area contributed by atoms with Gasteiger partial charge >= 0.3 is 35.5 Å². The van der Waals surface area contributed by atoms with Gasteiger partial charge in [0, 0.05) is 13.1 Å². The fourth-order valence-corrected chi connectivity index (χ4v) is 0.912. The second-order valence-electron chi connectivity index (χ2n) is 2.50. The molecule has 5 nitrogen and oxygen atoms in total. The number of carboxylic acids is 1. The van der Waals surface area contributed by atoms with Gasteiger partial charge in [-0.1, -0.05) is 0 Å². The Bertz CT molecular complexity index is 138. The number of aliphatic hydroxyl groups excluding tert-OH is 2. The maximum absolute atomic E-state index is 10.5. The predicted molar refractivity (Wildman–Crippen MR) is 50.0 cm³/mol. The van der Waals surface area contributed by atoms with Crippen molar-refractivity contribution in [3.63, 3.8) is 0 Å². The van der Waals surface area contributed by atoms with Crippen molar-refractivity contribution >= 4 is 35.5 Å². The van der Waals surface area contributed by atoms with Crippen LogP contribution in [-0.4, -0.2) is 88.1 Å². The van der Waals surface area contributed by atoms with Crippen molar-refractivity contribution in [2.45, 2.75) is 13.0 Å². The summed E-state index contributed by atoms with van der Waals surface area (Å²) in [6, 6.07) is -0.663. The molecule has 1 unspecified atom stereocenters. The Labute approximate surface area is 99.6 Å². The number of aliphatic carboxylic acids is 1. The van der Waals surface area contributed by atoms with E-state index < -0.39 is 12.0 Å². The van der Waals surface area contributed by atoms with Gasteiger partial charge < -0.3 is 15.3 Å². The Hall–Kier alpha value is 0.350. The summed E-state index contributed by atoms with van der Waals surface area (Å²) >= 11 is 0. The first kappa shape index (κ1) is 15.8. The second-order valence-corrected chi connectivity index (χ2v) is 2.50. The van der Waals surface area contributed by atoms with Crippen molar-refractivity contribution in [2.24, 2.45) is 0 Å². The SMILES string of the molecule is CC(C(=O)O)N(CCO)CCO.[NaH]. The van der Waals surface area contributed by atoms with Gasteiger partial charge in [-0.25, -0.2) is 0 Å². The van der Waals surface area contributed by atoms with Gasteiger partial charge in [-0.05, 0) is 6.92 Å². The quantitative estimate of drug-likeness (QED) is 0.437. The monoisotopic (exact) mass is 201 g/mol. The zero-order valence-corrected chi connectivity index (χ0v) is 7.10. The van der Waals surface area contributed by atoms with Crippen LogP contribution in [0.1, 0.15) is 6.92 Å². The molecule has 0 aliphatic rings. The molecule has 0 fully saturated rings. The van der Waals surface area contributed by atoms with Crippen molar-refractivity contribution < 1.29 is 20.1 Å². The molecule has 0 aromatic rings. The summed E-state index contributed by atoms with van der Waals surface area (Å²) in [5, 5.41) is 25.8. The summed E-state index contributed by atoms with van der Waals surface area (Å²) in [6.45, 7) is 1.87. The zero-order valence-electron chi connectivity index (χ0n) is 7.10. The van der Waals surface area contributed by atoms with Crippen LogP contribution in [-0.2, 0) is 4.79 Å². The summed E-state index contributed by atoms with van der Waals surface area (Å²) in [6.07, 6.45) is 0. The Morgan fingerprint density at radius 2 is 1.69 bits per heavy atom. The van der Waals surface area contributed by atoms with E-state index in [4.69, 9.17) is 15.3 Å². The molecule has 0 heterocycles. The first-order valence-electron chi connectivity index (χ1n) is 3.82. The van der Waals surface area contributed by atoms with Gasteiger partial charge in [0.25, 0.3) is 0 Å². The van der Waals surface area contributed by atoms with Crippen LogP contribution in [0.15, 0.2) is 0 Å². The molecule has 0 bridgehead atoms. The van der Waals surface area contributed by atoms with Crippen LogP contribution in [0.4, 0.5) is 0 Å². The molecule has 0 saturated carbocycles. The molecule has 0 rings (SSSR count). The molecule has 13 heavy (non-hydrogen) atoms. The molecule has 0 radical (unpaired) electrons. The summed E-state index contributed by atoms with van der Waals surface area (Å²) in [5.41, 5.74) is 0. The molecule has 0 aromatic carbocycles. The molecule has 74 valence electrons. The van der Waals surface area contributed by atoms with Gasteiger partial charge in [0.2, 0.25) is 0 Å². The normalized spacial score (nSPS) is 12.3. The van der Waals surface area contributed by atoms with E-state index in [1.807, 2.05) is 0 Å². The average molecular weight is 201 g/mol. The summed E-state index contributed by atoms with van der Waals surface area (Å²) in [5.74, 6) is -0.947. The van der Waals surface area contributed by atoms with Crippen molar-refractivity contribution in [1.29, 1.82) is 0 Å². The van der Waals surface area contributed by atoms with Crippen LogP contribution < -0.4 is 0 Å². The van der Waals surface area contributed by atoms with Crippen molar-refractivity contribution in [2.75, 3.05) is 26.3 Å². The van der Waals surface area contributed by atoms with Gasteiger partial charge in [-0.15, -0.1) is 0 Å². The summed E-state index contributed by atoms with van der Waals surface area (Å²) in [7, 11) is 0. The third kappa shape index (κ3) is 6.42. The zero-order chi connectivity index (χ0) is 9.56. The van der Waals surface area contributed by atoms with Crippen molar-refractivity contribution in [3.05, 3.63) is 0 Å². The van der Waals surface area contributed by atoms with Gasteiger partial charge in [-0.3, -0.25) is 9.69 Å². The van der Waals surface area contributed by atoms with Crippen LogP contribution >= 0.6 is 0 Å². The minimum atomic E-state index is -0.947. The first-order valence-corrected chi connectivity index (χ1v) is 3.82. The Morgan fingerprint density at radius 1 is 1.31 bits per heavy atom. The van der Waals surface area contributed by atoms with E-state index in [2.05, 4.69) is 0 Å².